The largest absolute Gasteiger partial charge is 0.506 e. The Bertz CT molecular complexity index is 378. The van der Waals surface area contributed by atoms with E-state index in [2.05, 4.69) is 18.9 Å². The molecule has 1 aliphatic carbocycles. The molecule has 2 rings (SSSR count). The van der Waals surface area contributed by atoms with Crippen LogP contribution in [-0.4, -0.2) is 23.6 Å². The summed E-state index contributed by atoms with van der Waals surface area (Å²) in [4.78, 5) is 2.32. The molecule has 0 saturated heterocycles. The third-order valence-corrected chi connectivity index (χ3v) is 3.37. The maximum Gasteiger partial charge on any atom is 0.138 e. The SMILES string of the molecule is CC1CC1CN(C)Cc1ccc(O)c(N)c1. The van der Waals surface area contributed by atoms with Crippen LogP contribution in [0.3, 0.4) is 0 Å². The number of rotatable bonds is 4. The van der Waals surface area contributed by atoms with Gasteiger partial charge in [0.15, 0.2) is 0 Å². The first-order valence-corrected chi connectivity index (χ1v) is 5.82. The zero-order valence-corrected chi connectivity index (χ0v) is 9.98. The lowest BCUT2D eigenvalue weighted by Gasteiger charge is -2.16. The summed E-state index contributed by atoms with van der Waals surface area (Å²) in [6.07, 6.45) is 1.36. The van der Waals surface area contributed by atoms with Crippen LogP contribution in [0.1, 0.15) is 18.9 Å². The Morgan fingerprint density at radius 2 is 2.19 bits per heavy atom. The van der Waals surface area contributed by atoms with Gasteiger partial charge in [-0.15, -0.1) is 0 Å². The van der Waals surface area contributed by atoms with Crippen molar-refractivity contribution < 1.29 is 5.11 Å². The first kappa shape index (κ1) is 11.3. The minimum atomic E-state index is 0.169. The van der Waals surface area contributed by atoms with E-state index in [1.165, 1.54) is 6.42 Å². The van der Waals surface area contributed by atoms with Gasteiger partial charge in [0.1, 0.15) is 5.75 Å². The number of phenols is 1. The second-order valence-electron chi connectivity index (χ2n) is 5.06. The Morgan fingerprint density at radius 3 is 2.75 bits per heavy atom. The molecule has 1 aromatic rings. The Balaban J connectivity index is 1.90. The smallest absolute Gasteiger partial charge is 0.138 e. The predicted octanol–water partition coefficient (Wildman–Crippen LogP) is 2.06. The van der Waals surface area contributed by atoms with E-state index in [0.29, 0.717) is 5.69 Å². The van der Waals surface area contributed by atoms with Crippen LogP contribution >= 0.6 is 0 Å². The molecule has 2 atom stereocenters. The van der Waals surface area contributed by atoms with E-state index in [-0.39, 0.29) is 5.75 Å². The minimum absolute atomic E-state index is 0.169. The maximum absolute atomic E-state index is 9.33. The van der Waals surface area contributed by atoms with Crippen molar-refractivity contribution >= 4 is 5.69 Å². The van der Waals surface area contributed by atoms with Gasteiger partial charge in [-0.25, -0.2) is 0 Å². The van der Waals surface area contributed by atoms with Crippen molar-refractivity contribution in [2.24, 2.45) is 11.8 Å². The van der Waals surface area contributed by atoms with E-state index >= 15 is 0 Å². The second kappa shape index (κ2) is 4.34. The van der Waals surface area contributed by atoms with Crippen LogP contribution in [-0.2, 0) is 6.54 Å². The van der Waals surface area contributed by atoms with Gasteiger partial charge in [-0.1, -0.05) is 13.0 Å². The Kier molecular flexibility index (Phi) is 3.06. The summed E-state index contributed by atoms with van der Waals surface area (Å²) in [6, 6.07) is 5.44. The fourth-order valence-electron chi connectivity index (χ4n) is 2.13. The molecule has 0 aromatic heterocycles. The van der Waals surface area contributed by atoms with Crippen LogP contribution in [0.4, 0.5) is 5.69 Å². The van der Waals surface area contributed by atoms with Crippen LogP contribution in [0.15, 0.2) is 18.2 Å². The predicted molar refractivity (Wildman–Crippen MR) is 66.1 cm³/mol. The highest BCUT2D eigenvalue weighted by Gasteiger charge is 2.32. The average molecular weight is 220 g/mol. The molecule has 0 radical (unpaired) electrons. The molecule has 3 nitrogen and oxygen atoms in total. The highest BCUT2D eigenvalue weighted by molar-refractivity contribution is 5.53. The lowest BCUT2D eigenvalue weighted by Crippen LogP contribution is -2.20. The number of nitrogens with two attached hydrogens (primary N) is 1. The number of benzene rings is 1. The molecule has 16 heavy (non-hydrogen) atoms. The van der Waals surface area contributed by atoms with Crippen LogP contribution < -0.4 is 5.73 Å². The molecular formula is C13H20N2O. The maximum atomic E-state index is 9.33. The summed E-state index contributed by atoms with van der Waals surface area (Å²) in [5.74, 6) is 1.94. The molecule has 1 fully saturated rings. The van der Waals surface area contributed by atoms with Crippen molar-refractivity contribution in [2.75, 3.05) is 19.3 Å². The van der Waals surface area contributed by atoms with Gasteiger partial charge in [0.2, 0.25) is 0 Å². The van der Waals surface area contributed by atoms with Crippen molar-refractivity contribution in [2.45, 2.75) is 19.9 Å². The molecule has 1 aliphatic rings. The molecule has 3 heteroatoms. The van der Waals surface area contributed by atoms with Gasteiger partial charge in [-0.3, -0.25) is 0 Å². The van der Waals surface area contributed by atoms with Gasteiger partial charge >= 0.3 is 0 Å². The van der Waals surface area contributed by atoms with E-state index < -0.39 is 0 Å². The molecule has 0 amide bonds. The molecule has 2 unspecified atom stereocenters. The van der Waals surface area contributed by atoms with E-state index in [9.17, 15) is 5.11 Å². The number of aromatic hydroxyl groups is 1. The monoisotopic (exact) mass is 220 g/mol. The van der Waals surface area contributed by atoms with Crippen LogP contribution in [0, 0.1) is 11.8 Å². The Labute approximate surface area is 96.9 Å². The fraction of sp³-hybridized carbons (Fsp3) is 0.538. The lowest BCUT2D eigenvalue weighted by molar-refractivity contribution is 0.307. The van der Waals surface area contributed by atoms with Crippen molar-refractivity contribution in [1.82, 2.24) is 4.90 Å². The molecule has 3 N–H and O–H groups in total. The van der Waals surface area contributed by atoms with Gasteiger partial charge < -0.3 is 15.7 Å². The Hall–Kier alpha value is -1.22. The standard InChI is InChI=1S/C13H20N2O/c1-9-5-11(9)8-15(2)7-10-3-4-13(16)12(14)6-10/h3-4,6,9,11,16H,5,7-8,14H2,1-2H3. The van der Waals surface area contributed by atoms with Gasteiger partial charge in [-0.2, -0.15) is 0 Å². The molecule has 1 aromatic carbocycles. The summed E-state index contributed by atoms with van der Waals surface area (Å²) in [5, 5.41) is 9.33. The summed E-state index contributed by atoms with van der Waals surface area (Å²) in [5.41, 5.74) is 7.29. The highest BCUT2D eigenvalue weighted by atomic mass is 16.3. The third-order valence-electron chi connectivity index (χ3n) is 3.37. The molecule has 88 valence electrons. The summed E-state index contributed by atoms with van der Waals surface area (Å²) in [7, 11) is 2.13. The van der Waals surface area contributed by atoms with E-state index in [4.69, 9.17) is 5.73 Å². The normalized spacial score (nSPS) is 23.7. The quantitative estimate of drug-likeness (QED) is 0.603. The van der Waals surface area contributed by atoms with Crippen molar-refractivity contribution in [1.29, 1.82) is 0 Å². The molecule has 0 bridgehead atoms. The summed E-state index contributed by atoms with van der Waals surface area (Å²) < 4.78 is 0. The minimum Gasteiger partial charge on any atom is -0.506 e. The lowest BCUT2D eigenvalue weighted by atomic mass is 10.1. The third kappa shape index (κ3) is 2.67. The number of phenolic OH excluding ortho intramolecular Hbond substituents is 1. The van der Waals surface area contributed by atoms with Gasteiger partial charge in [0, 0.05) is 13.1 Å². The van der Waals surface area contributed by atoms with Crippen LogP contribution in [0.2, 0.25) is 0 Å². The number of hydrogen-bond acceptors (Lipinski definition) is 3. The highest BCUT2D eigenvalue weighted by Crippen LogP contribution is 2.38. The molecule has 0 spiro atoms. The molecule has 0 heterocycles. The van der Waals surface area contributed by atoms with E-state index in [1.807, 2.05) is 12.1 Å². The first-order valence-electron chi connectivity index (χ1n) is 5.82. The zero-order valence-electron chi connectivity index (χ0n) is 9.98. The van der Waals surface area contributed by atoms with Gasteiger partial charge in [0.05, 0.1) is 5.69 Å². The summed E-state index contributed by atoms with van der Waals surface area (Å²) in [6.45, 7) is 4.35. The van der Waals surface area contributed by atoms with Crippen LogP contribution in [0.25, 0.3) is 0 Å². The fourth-order valence-corrected chi connectivity index (χ4v) is 2.13. The first-order chi connectivity index (χ1) is 7.56. The Morgan fingerprint density at radius 1 is 1.50 bits per heavy atom. The second-order valence-corrected chi connectivity index (χ2v) is 5.06. The molecule has 1 saturated carbocycles. The number of anilines is 1. The number of nitrogens with zero attached hydrogens (tertiary/aromatic N) is 1. The number of nitrogen functional groups attached to an aromatic ring is 1. The van der Waals surface area contributed by atoms with Gasteiger partial charge in [-0.05, 0) is 43.0 Å². The van der Waals surface area contributed by atoms with Crippen molar-refractivity contribution in [3.63, 3.8) is 0 Å². The molecule has 0 aliphatic heterocycles. The van der Waals surface area contributed by atoms with Crippen LogP contribution in [0.5, 0.6) is 5.75 Å². The number of hydrogen-bond donors (Lipinski definition) is 2. The van der Waals surface area contributed by atoms with E-state index in [1.54, 1.807) is 6.07 Å². The van der Waals surface area contributed by atoms with Gasteiger partial charge in [0.25, 0.3) is 0 Å². The topological polar surface area (TPSA) is 49.5 Å². The summed E-state index contributed by atoms with van der Waals surface area (Å²) >= 11 is 0. The molecular weight excluding hydrogens is 200 g/mol. The van der Waals surface area contributed by atoms with Crippen molar-refractivity contribution in [3.05, 3.63) is 23.8 Å². The zero-order chi connectivity index (χ0) is 11.7. The van der Waals surface area contributed by atoms with Crippen molar-refractivity contribution in [3.8, 4) is 5.75 Å². The average Bonchev–Trinajstić information content (AvgIpc) is 2.88. The van der Waals surface area contributed by atoms with E-state index in [0.717, 1.165) is 30.5 Å².